The first-order chi connectivity index (χ1) is 10.0. The lowest BCUT2D eigenvalue weighted by Gasteiger charge is -2.24. The molecule has 0 saturated carbocycles. The number of fused-ring (bicyclic) bond motifs is 1. The van der Waals surface area contributed by atoms with Crippen LogP contribution in [0.2, 0.25) is 0 Å². The van der Waals surface area contributed by atoms with Crippen molar-refractivity contribution in [2.75, 3.05) is 18.4 Å². The van der Waals surface area contributed by atoms with Crippen molar-refractivity contribution in [3.05, 3.63) is 18.2 Å². The maximum atomic E-state index is 12.4. The number of anilines is 1. The summed E-state index contributed by atoms with van der Waals surface area (Å²) in [5.41, 5.74) is 1.16. The maximum Gasteiger partial charge on any atom is 0.397 e. The highest BCUT2D eigenvalue weighted by molar-refractivity contribution is 5.83. The normalized spacial score (nSPS) is 17.3. The van der Waals surface area contributed by atoms with E-state index in [1.165, 1.54) is 6.20 Å². The quantitative estimate of drug-likeness (QED) is 0.912. The van der Waals surface area contributed by atoms with Gasteiger partial charge < -0.3 is 15.1 Å². The predicted molar refractivity (Wildman–Crippen MR) is 71.1 cm³/mol. The van der Waals surface area contributed by atoms with Crippen LogP contribution in [0, 0.1) is 0 Å². The van der Waals surface area contributed by atoms with Gasteiger partial charge in [-0.1, -0.05) is 0 Å². The number of rotatable bonds is 3. The summed E-state index contributed by atoms with van der Waals surface area (Å²) >= 11 is 0. The Bertz CT molecular complexity index is 619. The number of hydrogen-bond acceptors (Lipinski definition) is 5. The molecule has 0 bridgehead atoms. The van der Waals surface area contributed by atoms with Crippen molar-refractivity contribution in [2.24, 2.45) is 0 Å². The van der Waals surface area contributed by atoms with Crippen LogP contribution in [-0.4, -0.2) is 35.3 Å². The highest BCUT2D eigenvalue weighted by Gasteiger charge is 2.31. The molecule has 8 heteroatoms. The molecule has 0 amide bonds. The highest BCUT2D eigenvalue weighted by atomic mass is 19.4. The molecule has 1 fully saturated rings. The van der Waals surface area contributed by atoms with Gasteiger partial charge in [0.15, 0.2) is 5.52 Å². The molecule has 0 spiro atoms. The van der Waals surface area contributed by atoms with Gasteiger partial charge in [-0.3, -0.25) is 0 Å². The van der Waals surface area contributed by atoms with E-state index < -0.39 is 12.6 Å². The lowest BCUT2D eigenvalue weighted by Crippen LogP contribution is -2.35. The number of nitrogens with zero attached hydrogens (tertiary/aromatic N) is 2. The average Bonchev–Trinajstić information content (AvgIpc) is 2.81. The molecular weight excluding hydrogens is 285 g/mol. The fourth-order valence-electron chi connectivity index (χ4n) is 2.43. The maximum absolute atomic E-state index is 12.4. The minimum atomic E-state index is -4.34. The van der Waals surface area contributed by atoms with E-state index in [0.29, 0.717) is 11.2 Å². The zero-order valence-electron chi connectivity index (χ0n) is 11.2. The van der Waals surface area contributed by atoms with E-state index in [-0.39, 0.29) is 17.6 Å². The van der Waals surface area contributed by atoms with Crippen LogP contribution in [0.15, 0.2) is 16.7 Å². The standard InChI is InChI=1S/C13H15F3N4O/c14-13(15,16)7-10-20-11-9(3-6-18-12(11)21-10)19-8-1-4-17-5-2-8/h3,6,8,17H,1-2,4-5,7H2,(H,18,19). The summed E-state index contributed by atoms with van der Waals surface area (Å²) in [6.07, 6.45) is -2.11. The summed E-state index contributed by atoms with van der Waals surface area (Å²) in [6.45, 7) is 1.84. The number of pyridine rings is 1. The van der Waals surface area contributed by atoms with E-state index >= 15 is 0 Å². The Labute approximate surface area is 118 Å². The molecule has 0 aliphatic carbocycles. The van der Waals surface area contributed by atoms with Crippen molar-refractivity contribution in [3.63, 3.8) is 0 Å². The fourth-order valence-corrected chi connectivity index (χ4v) is 2.43. The predicted octanol–water partition coefficient (Wildman–Crippen LogP) is 2.49. The lowest BCUT2D eigenvalue weighted by atomic mass is 10.1. The Morgan fingerprint density at radius 1 is 1.33 bits per heavy atom. The Kier molecular flexibility index (Phi) is 3.71. The first-order valence-corrected chi connectivity index (χ1v) is 6.80. The second-order valence-electron chi connectivity index (χ2n) is 5.08. The minimum Gasteiger partial charge on any atom is -0.422 e. The van der Waals surface area contributed by atoms with E-state index in [0.717, 1.165) is 25.9 Å². The average molecular weight is 300 g/mol. The van der Waals surface area contributed by atoms with Crippen molar-refractivity contribution in [3.8, 4) is 0 Å². The number of piperidine rings is 1. The summed E-state index contributed by atoms with van der Waals surface area (Å²) in [7, 11) is 0. The molecule has 3 heterocycles. The van der Waals surface area contributed by atoms with E-state index in [1.54, 1.807) is 6.07 Å². The van der Waals surface area contributed by atoms with Crippen molar-refractivity contribution in [1.82, 2.24) is 15.3 Å². The van der Waals surface area contributed by atoms with E-state index in [9.17, 15) is 13.2 Å². The summed E-state index contributed by atoms with van der Waals surface area (Å²) in [5.74, 6) is -0.357. The van der Waals surface area contributed by atoms with Crippen LogP contribution in [0.4, 0.5) is 18.9 Å². The van der Waals surface area contributed by atoms with Gasteiger partial charge in [0.2, 0.25) is 11.6 Å². The molecule has 2 N–H and O–H groups in total. The lowest BCUT2D eigenvalue weighted by molar-refractivity contribution is -0.130. The monoisotopic (exact) mass is 300 g/mol. The molecule has 2 aromatic rings. The molecular formula is C13H15F3N4O. The second kappa shape index (κ2) is 5.51. The summed E-state index contributed by atoms with van der Waals surface area (Å²) < 4.78 is 42.3. The van der Waals surface area contributed by atoms with Gasteiger partial charge in [0.25, 0.3) is 0 Å². The third-order valence-electron chi connectivity index (χ3n) is 3.39. The summed E-state index contributed by atoms with van der Waals surface area (Å²) in [6, 6.07) is 1.99. The minimum absolute atomic E-state index is 0.133. The third-order valence-corrected chi connectivity index (χ3v) is 3.39. The van der Waals surface area contributed by atoms with Gasteiger partial charge in [0, 0.05) is 12.2 Å². The van der Waals surface area contributed by atoms with Crippen LogP contribution in [0.5, 0.6) is 0 Å². The highest BCUT2D eigenvalue weighted by Crippen LogP contribution is 2.27. The smallest absolute Gasteiger partial charge is 0.397 e. The number of alkyl halides is 3. The van der Waals surface area contributed by atoms with E-state index in [4.69, 9.17) is 4.42 Å². The molecule has 0 atom stereocenters. The first kappa shape index (κ1) is 14.1. The van der Waals surface area contributed by atoms with Crippen molar-refractivity contribution in [2.45, 2.75) is 31.5 Å². The molecule has 3 rings (SSSR count). The molecule has 0 aromatic carbocycles. The Morgan fingerprint density at radius 2 is 2.10 bits per heavy atom. The van der Waals surface area contributed by atoms with Gasteiger partial charge >= 0.3 is 6.18 Å². The van der Waals surface area contributed by atoms with E-state index in [2.05, 4.69) is 20.6 Å². The van der Waals surface area contributed by atoms with Crippen LogP contribution in [-0.2, 0) is 6.42 Å². The largest absolute Gasteiger partial charge is 0.422 e. The molecule has 5 nitrogen and oxygen atoms in total. The van der Waals surface area contributed by atoms with Gasteiger partial charge in [-0.2, -0.15) is 13.2 Å². The fraction of sp³-hybridized carbons (Fsp3) is 0.538. The molecule has 0 radical (unpaired) electrons. The topological polar surface area (TPSA) is 63.0 Å². The first-order valence-electron chi connectivity index (χ1n) is 6.80. The van der Waals surface area contributed by atoms with Crippen LogP contribution >= 0.6 is 0 Å². The number of halogens is 3. The van der Waals surface area contributed by atoms with Crippen molar-refractivity contribution >= 4 is 16.9 Å². The molecule has 1 aliphatic rings. The summed E-state index contributed by atoms with van der Waals surface area (Å²) in [4.78, 5) is 7.87. The van der Waals surface area contributed by atoms with Gasteiger partial charge in [-0.15, -0.1) is 0 Å². The molecule has 114 valence electrons. The molecule has 0 unspecified atom stereocenters. The van der Waals surface area contributed by atoms with Crippen molar-refractivity contribution in [1.29, 1.82) is 0 Å². The van der Waals surface area contributed by atoms with Crippen LogP contribution in [0.25, 0.3) is 11.2 Å². The SMILES string of the molecule is FC(F)(F)Cc1nc2c(NC3CCNCC3)ccnc2o1. The van der Waals surface area contributed by atoms with Gasteiger partial charge in [-0.05, 0) is 32.0 Å². The third kappa shape index (κ3) is 3.44. The van der Waals surface area contributed by atoms with Crippen LogP contribution in [0.3, 0.4) is 0 Å². The van der Waals surface area contributed by atoms with Crippen LogP contribution < -0.4 is 10.6 Å². The zero-order valence-corrected chi connectivity index (χ0v) is 11.2. The molecule has 21 heavy (non-hydrogen) atoms. The number of nitrogens with one attached hydrogen (secondary N) is 2. The zero-order chi connectivity index (χ0) is 14.9. The Hall–Kier alpha value is -1.83. The van der Waals surface area contributed by atoms with Crippen molar-refractivity contribution < 1.29 is 17.6 Å². The summed E-state index contributed by atoms with van der Waals surface area (Å²) in [5, 5.41) is 6.57. The molecule has 2 aromatic heterocycles. The Balaban J connectivity index is 1.84. The van der Waals surface area contributed by atoms with Gasteiger partial charge in [0.05, 0.1) is 5.69 Å². The van der Waals surface area contributed by atoms with E-state index in [1.807, 2.05) is 0 Å². The van der Waals surface area contributed by atoms with Gasteiger partial charge in [0.1, 0.15) is 6.42 Å². The number of oxazole rings is 1. The molecule has 1 saturated heterocycles. The molecule has 1 aliphatic heterocycles. The van der Waals surface area contributed by atoms with Crippen LogP contribution in [0.1, 0.15) is 18.7 Å². The second-order valence-corrected chi connectivity index (χ2v) is 5.08. The number of aromatic nitrogens is 2. The van der Waals surface area contributed by atoms with Gasteiger partial charge in [-0.25, -0.2) is 9.97 Å². The number of hydrogen-bond donors (Lipinski definition) is 2. The Morgan fingerprint density at radius 3 is 2.81 bits per heavy atom.